The highest BCUT2D eigenvalue weighted by molar-refractivity contribution is 7.00. The lowest BCUT2D eigenvalue weighted by Crippen LogP contribution is -2.62. The van der Waals surface area contributed by atoms with Gasteiger partial charge in [0, 0.05) is 45.5 Å². The number of hydrogen-bond donors (Lipinski definition) is 0. The van der Waals surface area contributed by atoms with Crippen molar-refractivity contribution >= 4 is 74.3 Å². The van der Waals surface area contributed by atoms with Gasteiger partial charge in [-0.3, -0.25) is 0 Å². The zero-order valence-electron chi connectivity index (χ0n) is 47.9. The van der Waals surface area contributed by atoms with E-state index in [1.54, 1.807) is 0 Å². The van der Waals surface area contributed by atoms with Gasteiger partial charge in [-0.25, -0.2) is 0 Å². The Morgan fingerprint density at radius 1 is 0.392 bits per heavy atom. The molecule has 0 amide bonds. The van der Waals surface area contributed by atoms with Crippen molar-refractivity contribution < 1.29 is 0 Å². The molecule has 0 bridgehead atoms. The van der Waals surface area contributed by atoms with E-state index in [2.05, 4.69) is 260 Å². The summed E-state index contributed by atoms with van der Waals surface area (Å²) in [5, 5.41) is 0. The van der Waals surface area contributed by atoms with Crippen LogP contribution in [0.25, 0.3) is 0 Å². The second-order valence-electron chi connectivity index (χ2n) is 28.5. The van der Waals surface area contributed by atoms with Crippen LogP contribution in [0.2, 0.25) is 0 Å². The third kappa shape index (κ3) is 7.26. The molecule has 0 N–H and O–H groups in total. The fourth-order valence-electron chi connectivity index (χ4n) is 15.5. The summed E-state index contributed by atoms with van der Waals surface area (Å²) < 4.78 is 0. The topological polar surface area (TPSA) is 9.72 Å². The van der Waals surface area contributed by atoms with E-state index in [9.17, 15) is 0 Å². The highest BCUT2D eigenvalue weighted by Crippen LogP contribution is 2.57. The number of para-hydroxylation sites is 2. The molecule has 0 spiro atoms. The first-order valence-electron chi connectivity index (χ1n) is 27.9. The average Bonchev–Trinajstić information content (AvgIpc) is 3.62. The molecule has 2 heterocycles. The molecule has 0 aromatic heterocycles. The lowest BCUT2D eigenvalue weighted by atomic mass is 9.33. The van der Waals surface area contributed by atoms with E-state index < -0.39 is 0 Å². The van der Waals surface area contributed by atoms with E-state index in [1.807, 2.05) is 0 Å². The van der Waals surface area contributed by atoms with Crippen LogP contribution in [0.3, 0.4) is 0 Å². The molecule has 2 aliphatic heterocycles. The van der Waals surface area contributed by atoms with Crippen LogP contribution >= 0.6 is 0 Å². The molecular weight excluding hydrogens is 894 g/mol. The predicted octanol–water partition coefficient (Wildman–Crippen LogP) is 17.4. The Bertz CT molecular complexity index is 3430. The van der Waals surface area contributed by atoms with Crippen molar-refractivity contribution in [3.8, 4) is 0 Å². The number of nitrogens with zero attached hydrogens (tertiary/aromatic N) is 3. The molecule has 12 rings (SSSR count). The summed E-state index contributed by atoms with van der Waals surface area (Å²) in [7, 11) is 0. The third-order valence-electron chi connectivity index (χ3n) is 19.0. The molecule has 0 unspecified atom stereocenters. The number of aryl methyl sites for hydroxylation is 2. The number of fused-ring (bicyclic) bond motifs is 7. The van der Waals surface area contributed by atoms with Crippen molar-refractivity contribution in [1.29, 1.82) is 0 Å². The summed E-state index contributed by atoms with van der Waals surface area (Å²) in [4.78, 5) is 7.97. The van der Waals surface area contributed by atoms with Crippen molar-refractivity contribution in [2.45, 2.75) is 181 Å². The minimum absolute atomic E-state index is 0.0166. The second-order valence-corrected chi connectivity index (χ2v) is 28.5. The first kappa shape index (κ1) is 48.9. The Labute approximate surface area is 445 Å². The van der Waals surface area contributed by atoms with Crippen molar-refractivity contribution in [3.63, 3.8) is 0 Å². The van der Waals surface area contributed by atoms with Crippen molar-refractivity contribution in [2.24, 2.45) is 0 Å². The Hall–Kier alpha value is -6.00. The number of benzene rings is 7. The summed E-state index contributed by atoms with van der Waals surface area (Å²) in [5.74, 6) is 0. The molecule has 5 aliphatic rings. The van der Waals surface area contributed by atoms with Gasteiger partial charge in [0.2, 0.25) is 0 Å². The Morgan fingerprint density at radius 3 is 1.24 bits per heavy atom. The van der Waals surface area contributed by atoms with Gasteiger partial charge in [0.25, 0.3) is 6.71 Å². The molecule has 0 atom stereocenters. The molecule has 7 aromatic carbocycles. The molecular formula is C70H80BN3. The molecule has 3 nitrogen and oxygen atoms in total. The van der Waals surface area contributed by atoms with E-state index in [1.165, 1.54) is 101 Å². The van der Waals surface area contributed by atoms with Gasteiger partial charge in [0.15, 0.2) is 0 Å². The van der Waals surface area contributed by atoms with Gasteiger partial charge < -0.3 is 14.7 Å². The van der Waals surface area contributed by atoms with Crippen molar-refractivity contribution in [3.05, 3.63) is 177 Å². The Balaban J connectivity index is 1.27. The maximum atomic E-state index is 2.76. The van der Waals surface area contributed by atoms with E-state index in [0.717, 1.165) is 42.7 Å². The summed E-state index contributed by atoms with van der Waals surface area (Å²) in [6.07, 6.45) is 4.57. The maximum Gasteiger partial charge on any atom is 0.252 e. The van der Waals surface area contributed by atoms with Gasteiger partial charge in [-0.1, -0.05) is 171 Å². The van der Waals surface area contributed by atoms with Gasteiger partial charge in [-0.2, -0.15) is 0 Å². The van der Waals surface area contributed by atoms with Crippen LogP contribution in [0, 0.1) is 13.8 Å². The molecule has 0 saturated carbocycles. The fourth-order valence-corrected chi connectivity index (χ4v) is 15.5. The summed E-state index contributed by atoms with van der Waals surface area (Å²) in [6, 6.07) is 50.5. The van der Waals surface area contributed by atoms with E-state index in [4.69, 9.17) is 0 Å². The van der Waals surface area contributed by atoms with Gasteiger partial charge in [-0.15, -0.1) is 0 Å². The van der Waals surface area contributed by atoms with Crippen LogP contribution in [0.5, 0.6) is 0 Å². The summed E-state index contributed by atoms with van der Waals surface area (Å²) >= 11 is 0. The first-order valence-corrected chi connectivity index (χ1v) is 27.9. The number of anilines is 9. The molecule has 0 fully saturated rings. The zero-order chi connectivity index (χ0) is 52.6. The predicted molar refractivity (Wildman–Crippen MR) is 320 cm³/mol. The lowest BCUT2D eigenvalue weighted by molar-refractivity contribution is 0.332. The van der Waals surface area contributed by atoms with Gasteiger partial charge in [0.1, 0.15) is 0 Å². The normalized spacial score (nSPS) is 19.5. The van der Waals surface area contributed by atoms with Gasteiger partial charge in [0.05, 0.1) is 5.69 Å². The minimum atomic E-state index is -0.0503. The Morgan fingerprint density at radius 2 is 0.784 bits per heavy atom. The van der Waals surface area contributed by atoms with Crippen LogP contribution < -0.4 is 31.1 Å². The lowest BCUT2D eigenvalue weighted by Gasteiger charge is -2.48. The highest BCUT2D eigenvalue weighted by atomic mass is 15.2. The van der Waals surface area contributed by atoms with Gasteiger partial charge in [-0.05, 0) is 205 Å². The molecule has 74 heavy (non-hydrogen) atoms. The standard InChI is InChI=1S/C70H80BN3/c1-43-32-49-53(69(14,15)41-67(49,10)11)38-58(43)73-57-29-28-45(64(3,4)5)34-55(57)71-56-37-51-52(66(8,9)31-30-65(51,6)7)40-60(56)74(59-39-54-50(33-44(59)2)68(12,13)42-70(54,16)17)62-36-48(35-61(73)63(62)71)72(46-24-20-18-21-25-46)47-26-22-19-23-27-47/h18-29,32-40H,30-31,41-42H2,1-17H3. The van der Waals surface area contributed by atoms with Crippen LogP contribution in [0.4, 0.5) is 51.2 Å². The second kappa shape index (κ2) is 15.8. The Kier molecular flexibility index (Phi) is 10.4. The summed E-state index contributed by atoms with van der Waals surface area (Å²) in [5.41, 5.74) is 28.4. The molecule has 3 aliphatic carbocycles. The quantitative estimate of drug-likeness (QED) is 0.159. The van der Waals surface area contributed by atoms with Crippen LogP contribution in [-0.2, 0) is 37.9 Å². The maximum absolute atomic E-state index is 2.76. The largest absolute Gasteiger partial charge is 0.311 e. The zero-order valence-corrected chi connectivity index (χ0v) is 47.9. The average molecular weight is 974 g/mol. The molecule has 4 heteroatoms. The van der Waals surface area contributed by atoms with Gasteiger partial charge >= 0.3 is 0 Å². The SMILES string of the molecule is Cc1cc2c(cc1N1c3ccc(C(C)(C)C)cc3B3c4cc5c(cc4N(c4cc6c(cc4C)C(C)(C)CC6(C)C)c4cc(N(c6ccccc6)c6ccccc6)cc1c43)C(C)(C)CCC5(C)C)C(C)(C)CC2(C)C. The summed E-state index contributed by atoms with van der Waals surface area (Å²) in [6.45, 7) is 41.6. The molecule has 0 saturated heterocycles. The molecule has 0 radical (unpaired) electrons. The van der Waals surface area contributed by atoms with Crippen molar-refractivity contribution in [2.75, 3.05) is 14.7 Å². The monoisotopic (exact) mass is 974 g/mol. The molecule has 378 valence electrons. The molecule has 7 aromatic rings. The van der Waals surface area contributed by atoms with Crippen LogP contribution in [0.15, 0.2) is 127 Å². The van der Waals surface area contributed by atoms with Crippen LogP contribution in [0.1, 0.15) is 180 Å². The smallest absolute Gasteiger partial charge is 0.252 e. The third-order valence-corrected chi connectivity index (χ3v) is 19.0. The number of rotatable bonds is 5. The van der Waals surface area contributed by atoms with Crippen LogP contribution in [-0.4, -0.2) is 6.71 Å². The van der Waals surface area contributed by atoms with Crippen molar-refractivity contribution in [1.82, 2.24) is 0 Å². The highest BCUT2D eigenvalue weighted by Gasteiger charge is 2.50. The fraction of sp³-hybridized carbons (Fsp3) is 0.400. The first-order chi connectivity index (χ1) is 34.6. The number of hydrogen-bond acceptors (Lipinski definition) is 3. The van der Waals surface area contributed by atoms with E-state index in [0.29, 0.717) is 0 Å². The van der Waals surface area contributed by atoms with E-state index in [-0.39, 0.29) is 44.6 Å². The minimum Gasteiger partial charge on any atom is -0.311 e. The van der Waals surface area contributed by atoms with E-state index >= 15 is 0 Å².